The number of carbonyl (C=O) groups is 1. The molecule has 0 aliphatic carbocycles. The van der Waals surface area contributed by atoms with Crippen molar-refractivity contribution in [2.75, 3.05) is 54.1 Å². The highest BCUT2D eigenvalue weighted by Gasteiger charge is 2.05. The third-order valence-electron chi connectivity index (χ3n) is 1.74. The highest BCUT2D eigenvalue weighted by molar-refractivity contribution is 5.66. The predicted molar refractivity (Wildman–Crippen MR) is 68.1 cm³/mol. The van der Waals surface area contributed by atoms with E-state index in [9.17, 15) is 4.79 Å². The largest absolute Gasteiger partial charge is 0.481 e. The van der Waals surface area contributed by atoms with Crippen molar-refractivity contribution in [3.63, 3.8) is 0 Å². The number of ether oxygens (including phenoxy) is 2. The Kier molecular flexibility index (Phi) is 13.0. The summed E-state index contributed by atoms with van der Waals surface area (Å²) in [7, 11) is 6.31. The summed E-state index contributed by atoms with van der Waals surface area (Å²) in [6.07, 6.45) is 0.0544. The maximum atomic E-state index is 10.1. The van der Waals surface area contributed by atoms with Gasteiger partial charge in [-0.15, -0.1) is 0 Å². The van der Waals surface area contributed by atoms with Crippen LogP contribution in [-0.4, -0.2) is 69.7 Å². The molecule has 0 heterocycles. The van der Waals surface area contributed by atoms with E-state index < -0.39 is 5.97 Å². The van der Waals surface area contributed by atoms with Crippen LogP contribution in [0.3, 0.4) is 0 Å². The van der Waals surface area contributed by atoms with Crippen molar-refractivity contribution in [1.82, 2.24) is 0 Å². The minimum atomic E-state index is -0.832. The van der Waals surface area contributed by atoms with Crippen molar-refractivity contribution in [2.45, 2.75) is 20.3 Å². The first-order valence-electron chi connectivity index (χ1n) is 6.09. The van der Waals surface area contributed by atoms with Crippen LogP contribution in [0, 0.1) is 0 Å². The number of aliphatic carboxylic acids is 1. The fourth-order valence-corrected chi connectivity index (χ4v) is 0.820. The monoisotopic (exact) mass is 250 g/mol. The molecule has 0 unspecified atom stereocenters. The lowest BCUT2D eigenvalue weighted by Crippen LogP contribution is -2.37. The molecule has 0 spiro atoms. The lowest BCUT2D eigenvalue weighted by molar-refractivity contribution is -0.870. The number of carboxylic acid groups (broad SMARTS) is 1. The molecular formula is C12H28NO4+. The fourth-order valence-electron chi connectivity index (χ4n) is 0.820. The summed E-state index contributed by atoms with van der Waals surface area (Å²) in [5.74, 6) is -0.832. The second-order valence-corrected chi connectivity index (χ2v) is 4.38. The van der Waals surface area contributed by atoms with E-state index in [1.54, 1.807) is 0 Å². The van der Waals surface area contributed by atoms with Crippen LogP contribution in [0.2, 0.25) is 0 Å². The van der Waals surface area contributed by atoms with Gasteiger partial charge in [-0.25, -0.2) is 0 Å². The van der Waals surface area contributed by atoms with E-state index in [0.717, 1.165) is 11.0 Å². The summed E-state index contributed by atoms with van der Waals surface area (Å²) in [6.45, 7) is 6.90. The molecule has 1 N–H and O–H groups in total. The normalized spacial score (nSPS) is 10.6. The summed E-state index contributed by atoms with van der Waals surface area (Å²) in [5, 5.41) is 8.33. The smallest absolute Gasteiger partial charge is 0.305 e. The number of quaternary nitrogens is 1. The molecule has 0 bridgehead atoms. The lowest BCUT2D eigenvalue weighted by atomic mass is 10.5. The zero-order valence-electron chi connectivity index (χ0n) is 11.9. The number of carboxylic acids is 1. The Morgan fingerprint density at radius 1 is 1.00 bits per heavy atom. The second-order valence-electron chi connectivity index (χ2n) is 4.38. The van der Waals surface area contributed by atoms with Crippen LogP contribution >= 0.6 is 0 Å². The molecule has 5 nitrogen and oxygen atoms in total. The Morgan fingerprint density at radius 2 is 1.47 bits per heavy atom. The molecular weight excluding hydrogens is 222 g/mol. The summed E-state index contributed by atoms with van der Waals surface area (Å²) >= 11 is 0. The van der Waals surface area contributed by atoms with Crippen molar-refractivity contribution < 1.29 is 23.9 Å². The van der Waals surface area contributed by atoms with E-state index in [1.165, 1.54) is 0 Å². The summed E-state index contributed by atoms with van der Waals surface area (Å²) in [4.78, 5) is 10.1. The number of likely N-dealkylation sites (N-methyl/N-ethyl adjacent to an activating group) is 1. The Hall–Kier alpha value is -0.650. The van der Waals surface area contributed by atoms with E-state index in [1.807, 2.05) is 13.8 Å². The van der Waals surface area contributed by atoms with Crippen molar-refractivity contribution in [1.29, 1.82) is 0 Å². The molecule has 17 heavy (non-hydrogen) atoms. The average Bonchev–Trinajstić information content (AvgIpc) is 2.23. The third-order valence-corrected chi connectivity index (χ3v) is 1.74. The van der Waals surface area contributed by atoms with Gasteiger partial charge in [0.05, 0.1) is 54.0 Å². The van der Waals surface area contributed by atoms with Crippen LogP contribution in [0.1, 0.15) is 20.3 Å². The second kappa shape index (κ2) is 11.8. The molecule has 0 aliphatic rings. The van der Waals surface area contributed by atoms with Gasteiger partial charge in [-0.2, -0.15) is 0 Å². The molecule has 104 valence electrons. The summed E-state index contributed by atoms with van der Waals surface area (Å²) in [5.41, 5.74) is 0. The third kappa shape index (κ3) is 21.2. The van der Waals surface area contributed by atoms with Gasteiger partial charge in [0.1, 0.15) is 6.54 Å². The van der Waals surface area contributed by atoms with Gasteiger partial charge in [-0.1, -0.05) is 13.8 Å². The first kappa shape index (κ1) is 18.7. The molecule has 0 saturated heterocycles. The Labute approximate surface area is 105 Å². The van der Waals surface area contributed by atoms with Gasteiger partial charge < -0.3 is 19.1 Å². The fraction of sp³-hybridized carbons (Fsp3) is 0.917. The van der Waals surface area contributed by atoms with Gasteiger partial charge in [0.15, 0.2) is 0 Å². The molecule has 0 aromatic rings. The molecule has 5 heteroatoms. The van der Waals surface area contributed by atoms with Crippen molar-refractivity contribution in [3.8, 4) is 0 Å². The Balaban J connectivity index is 0. The number of hydrogen-bond donors (Lipinski definition) is 1. The van der Waals surface area contributed by atoms with E-state index in [4.69, 9.17) is 14.6 Å². The summed E-state index contributed by atoms with van der Waals surface area (Å²) < 4.78 is 11.3. The molecule has 0 aromatic carbocycles. The molecule has 0 rings (SSSR count). The van der Waals surface area contributed by atoms with Gasteiger partial charge >= 0.3 is 5.97 Å². The van der Waals surface area contributed by atoms with Crippen LogP contribution in [0.5, 0.6) is 0 Å². The average molecular weight is 250 g/mol. The van der Waals surface area contributed by atoms with Gasteiger partial charge in [0.2, 0.25) is 0 Å². The predicted octanol–water partition coefficient (Wildman–Crippen LogP) is 1.23. The quantitative estimate of drug-likeness (QED) is 0.494. The molecule has 0 aromatic heterocycles. The Morgan fingerprint density at radius 3 is 1.88 bits per heavy atom. The van der Waals surface area contributed by atoms with Crippen LogP contribution in [-0.2, 0) is 14.3 Å². The highest BCUT2D eigenvalue weighted by Crippen LogP contribution is 1.89. The van der Waals surface area contributed by atoms with Gasteiger partial charge in [0.25, 0.3) is 0 Å². The first-order valence-corrected chi connectivity index (χ1v) is 6.09. The van der Waals surface area contributed by atoms with E-state index in [-0.39, 0.29) is 13.0 Å². The zero-order chi connectivity index (χ0) is 13.7. The molecule has 0 amide bonds. The van der Waals surface area contributed by atoms with Crippen molar-refractivity contribution >= 4 is 5.97 Å². The first-order chi connectivity index (χ1) is 7.92. The van der Waals surface area contributed by atoms with Gasteiger partial charge in [-0.05, 0) is 0 Å². The SMILES string of the molecule is CC.C[N+](C)(C)CCOCCOCCC(=O)O. The summed E-state index contributed by atoms with van der Waals surface area (Å²) in [6, 6.07) is 0. The topological polar surface area (TPSA) is 55.8 Å². The standard InChI is InChI=1S/C10H21NO4.C2H6/c1-11(2,3)5-7-15-9-8-14-6-4-10(12)13;1-2/h4-9H2,1-3H3;1-2H3/p+1. The Bertz CT molecular complexity index is 178. The minimum absolute atomic E-state index is 0.0544. The van der Waals surface area contributed by atoms with Crippen LogP contribution < -0.4 is 0 Å². The molecule has 0 fully saturated rings. The number of rotatable bonds is 9. The van der Waals surface area contributed by atoms with Crippen LogP contribution in [0.25, 0.3) is 0 Å². The van der Waals surface area contributed by atoms with Crippen LogP contribution in [0.4, 0.5) is 0 Å². The van der Waals surface area contributed by atoms with Crippen molar-refractivity contribution in [3.05, 3.63) is 0 Å². The van der Waals surface area contributed by atoms with E-state index in [2.05, 4.69) is 21.1 Å². The molecule has 0 aliphatic heterocycles. The molecule has 0 atom stereocenters. The van der Waals surface area contributed by atoms with E-state index in [0.29, 0.717) is 19.8 Å². The lowest BCUT2D eigenvalue weighted by Gasteiger charge is -2.23. The van der Waals surface area contributed by atoms with Crippen LogP contribution in [0.15, 0.2) is 0 Å². The maximum absolute atomic E-state index is 10.1. The maximum Gasteiger partial charge on any atom is 0.305 e. The minimum Gasteiger partial charge on any atom is -0.481 e. The zero-order valence-corrected chi connectivity index (χ0v) is 11.9. The van der Waals surface area contributed by atoms with E-state index >= 15 is 0 Å². The van der Waals surface area contributed by atoms with Gasteiger partial charge in [0, 0.05) is 0 Å². The molecule has 0 radical (unpaired) electrons. The number of hydrogen-bond acceptors (Lipinski definition) is 3. The molecule has 0 saturated carbocycles. The van der Waals surface area contributed by atoms with Gasteiger partial charge in [-0.3, -0.25) is 4.79 Å². The number of nitrogens with zero attached hydrogens (tertiary/aromatic N) is 1. The van der Waals surface area contributed by atoms with Crippen molar-refractivity contribution in [2.24, 2.45) is 0 Å². The highest BCUT2D eigenvalue weighted by atomic mass is 16.5.